The molecule has 0 saturated heterocycles. The molecule has 0 spiro atoms. The van der Waals surface area contributed by atoms with Gasteiger partial charge < -0.3 is 14.8 Å². The highest BCUT2D eigenvalue weighted by molar-refractivity contribution is 5.91. The van der Waals surface area contributed by atoms with Crippen LogP contribution in [0, 0.1) is 0 Å². The maximum Gasteiger partial charge on any atom is 0.573 e. The molecular weight excluding hydrogens is 323 g/mol. The summed E-state index contributed by atoms with van der Waals surface area (Å²) in [6.45, 7) is 0. The van der Waals surface area contributed by atoms with Crippen LogP contribution in [0.5, 0.6) is 5.75 Å². The van der Waals surface area contributed by atoms with Crippen LogP contribution < -0.4 is 10.1 Å². The van der Waals surface area contributed by atoms with Gasteiger partial charge in [-0.15, -0.1) is 13.2 Å². The van der Waals surface area contributed by atoms with Crippen LogP contribution in [-0.4, -0.2) is 19.4 Å². The highest BCUT2D eigenvalue weighted by atomic mass is 19.4. The Balaban J connectivity index is 1.80. The van der Waals surface area contributed by atoms with E-state index in [2.05, 4.69) is 14.8 Å². The lowest BCUT2D eigenvalue weighted by atomic mass is 10.0. The van der Waals surface area contributed by atoms with E-state index in [0.717, 1.165) is 11.3 Å². The molecule has 0 saturated carbocycles. The molecule has 1 aliphatic rings. The van der Waals surface area contributed by atoms with Gasteiger partial charge in [0.1, 0.15) is 5.75 Å². The first-order valence-electron chi connectivity index (χ1n) is 7.19. The Morgan fingerprint density at radius 2 is 2.00 bits per heavy atom. The van der Waals surface area contributed by atoms with Gasteiger partial charge in [0.25, 0.3) is 0 Å². The normalized spacial score (nSPS) is 16.2. The second-order valence-electron chi connectivity index (χ2n) is 5.38. The molecule has 1 atom stereocenters. The number of fused-ring (bicyclic) bond motifs is 1. The molecule has 0 fully saturated rings. The third-order valence-electron chi connectivity index (χ3n) is 3.78. The fourth-order valence-electron chi connectivity index (χ4n) is 2.72. The molecule has 0 aromatic heterocycles. The van der Waals surface area contributed by atoms with E-state index < -0.39 is 12.3 Å². The van der Waals surface area contributed by atoms with Crippen molar-refractivity contribution in [3.05, 3.63) is 59.2 Å². The molecule has 2 aromatic rings. The standard InChI is InChI=1S/C17H14F3NO3/c1-23-16(22)12-6-5-11-8-14(21-15(11)9-12)10-3-2-4-13(7-10)24-17(18,19)20/h2-7,9,14,21H,8H2,1H3. The van der Waals surface area contributed by atoms with Crippen molar-refractivity contribution in [3.63, 3.8) is 0 Å². The predicted octanol–water partition coefficient (Wildman–Crippen LogP) is 4.08. The first-order valence-corrected chi connectivity index (χ1v) is 7.19. The van der Waals surface area contributed by atoms with Crippen LogP contribution in [0.15, 0.2) is 42.5 Å². The zero-order valence-electron chi connectivity index (χ0n) is 12.7. The summed E-state index contributed by atoms with van der Waals surface area (Å²) in [5.41, 5.74) is 2.84. The first-order chi connectivity index (χ1) is 11.4. The fourth-order valence-corrected chi connectivity index (χ4v) is 2.72. The molecule has 1 N–H and O–H groups in total. The number of hydrogen-bond donors (Lipinski definition) is 1. The summed E-state index contributed by atoms with van der Waals surface area (Å²) in [6.07, 6.45) is -4.12. The Bertz CT molecular complexity index is 774. The zero-order chi connectivity index (χ0) is 17.3. The molecule has 0 bridgehead atoms. The van der Waals surface area contributed by atoms with Crippen LogP contribution in [0.1, 0.15) is 27.5 Å². The number of alkyl halides is 3. The summed E-state index contributed by atoms with van der Waals surface area (Å²) in [6, 6.07) is 10.8. The van der Waals surface area contributed by atoms with Gasteiger partial charge in [-0.25, -0.2) is 4.79 Å². The van der Waals surface area contributed by atoms with Crippen LogP contribution in [0.25, 0.3) is 0 Å². The predicted molar refractivity (Wildman–Crippen MR) is 81.0 cm³/mol. The van der Waals surface area contributed by atoms with Gasteiger partial charge >= 0.3 is 12.3 Å². The van der Waals surface area contributed by atoms with Gasteiger partial charge in [0.15, 0.2) is 0 Å². The quantitative estimate of drug-likeness (QED) is 0.858. The van der Waals surface area contributed by atoms with Gasteiger partial charge in [-0.1, -0.05) is 18.2 Å². The highest BCUT2D eigenvalue weighted by Gasteiger charge is 2.31. The van der Waals surface area contributed by atoms with Gasteiger partial charge in [0.05, 0.1) is 18.7 Å². The number of nitrogens with one attached hydrogen (secondary N) is 1. The van der Waals surface area contributed by atoms with E-state index in [-0.39, 0.29) is 11.8 Å². The molecule has 24 heavy (non-hydrogen) atoms. The molecule has 2 aromatic carbocycles. The van der Waals surface area contributed by atoms with Crippen molar-refractivity contribution >= 4 is 11.7 Å². The zero-order valence-corrected chi connectivity index (χ0v) is 12.7. The Morgan fingerprint density at radius 3 is 2.71 bits per heavy atom. The van der Waals surface area contributed by atoms with Gasteiger partial charge in [-0.05, 0) is 41.8 Å². The molecule has 0 amide bonds. The number of carbonyl (C=O) groups excluding carboxylic acids is 1. The Kier molecular flexibility index (Phi) is 4.09. The lowest BCUT2D eigenvalue weighted by molar-refractivity contribution is -0.274. The third-order valence-corrected chi connectivity index (χ3v) is 3.78. The van der Waals surface area contributed by atoms with Crippen molar-refractivity contribution in [2.75, 3.05) is 12.4 Å². The lowest BCUT2D eigenvalue weighted by Gasteiger charge is -2.14. The molecule has 1 heterocycles. The monoisotopic (exact) mass is 337 g/mol. The highest BCUT2D eigenvalue weighted by Crippen LogP contribution is 2.36. The van der Waals surface area contributed by atoms with Gasteiger partial charge in [0, 0.05) is 5.69 Å². The summed E-state index contributed by atoms with van der Waals surface area (Å²) in [5.74, 6) is -0.698. The number of rotatable bonds is 3. The minimum Gasteiger partial charge on any atom is -0.465 e. The van der Waals surface area contributed by atoms with Crippen molar-refractivity contribution in [1.29, 1.82) is 0 Å². The molecule has 7 heteroatoms. The fraction of sp³-hybridized carbons (Fsp3) is 0.235. The SMILES string of the molecule is COC(=O)c1ccc2c(c1)NC(c1cccc(OC(F)(F)F)c1)C2. The second kappa shape index (κ2) is 6.07. The third kappa shape index (κ3) is 3.45. The topological polar surface area (TPSA) is 47.6 Å². The summed E-state index contributed by atoms with van der Waals surface area (Å²) < 4.78 is 45.6. The largest absolute Gasteiger partial charge is 0.573 e. The minimum absolute atomic E-state index is 0.190. The summed E-state index contributed by atoms with van der Waals surface area (Å²) in [7, 11) is 1.30. The van der Waals surface area contributed by atoms with Crippen LogP contribution in [0.2, 0.25) is 0 Å². The molecule has 1 aliphatic heterocycles. The Morgan fingerprint density at radius 1 is 1.21 bits per heavy atom. The van der Waals surface area contributed by atoms with Gasteiger partial charge in [0.2, 0.25) is 0 Å². The number of methoxy groups -OCH3 is 1. The van der Waals surface area contributed by atoms with Gasteiger partial charge in [-0.2, -0.15) is 0 Å². The number of esters is 1. The van der Waals surface area contributed by atoms with E-state index in [1.807, 2.05) is 6.07 Å². The van der Waals surface area contributed by atoms with Crippen LogP contribution in [0.4, 0.5) is 18.9 Å². The lowest BCUT2D eigenvalue weighted by Crippen LogP contribution is -2.17. The molecule has 3 rings (SSSR count). The summed E-state index contributed by atoms with van der Waals surface area (Å²) in [5, 5.41) is 3.22. The minimum atomic E-state index is -4.72. The van der Waals surface area contributed by atoms with Crippen molar-refractivity contribution in [2.24, 2.45) is 0 Å². The average molecular weight is 337 g/mol. The summed E-state index contributed by atoms with van der Waals surface area (Å²) in [4.78, 5) is 11.6. The van der Waals surface area contributed by atoms with Crippen LogP contribution >= 0.6 is 0 Å². The number of halogens is 3. The maximum atomic E-state index is 12.3. The molecular formula is C17H14F3NO3. The van der Waals surface area contributed by atoms with Crippen molar-refractivity contribution in [1.82, 2.24) is 0 Å². The Labute approximate surface area is 136 Å². The van der Waals surface area contributed by atoms with E-state index in [0.29, 0.717) is 17.5 Å². The number of benzene rings is 2. The van der Waals surface area contributed by atoms with E-state index >= 15 is 0 Å². The summed E-state index contributed by atoms with van der Waals surface area (Å²) >= 11 is 0. The van der Waals surface area contributed by atoms with E-state index in [1.165, 1.54) is 25.3 Å². The van der Waals surface area contributed by atoms with E-state index in [4.69, 9.17) is 0 Å². The van der Waals surface area contributed by atoms with E-state index in [1.54, 1.807) is 18.2 Å². The van der Waals surface area contributed by atoms with Crippen LogP contribution in [0.3, 0.4) is 0 Å². The maximum absolute atomic E-state index is 12.3. The second-order valence-corrected chi connectivity index (χ2v) is 5.38. The van der Waals surface area contributed by atoms with Crippen molar-refractivity contribution < 1.29 is 27.4 Å². The molecule has 0 aliphatic carbocycles. The Hall–Kier alpha value is -2.70. The smallest absolute Gasteiger partial charge is 0.465 e. The number of carbonyl (C=O) groups is 1. The van der Waals surface area contributed by atoms with Crippen molar-refractivity contribution in [2.45, 2.75) is 18.8 Å². The van der Waals surface area contributed by atoms with E-state index in [9.17, 15) is 18.0 Å². The molecule has 0 radical (unpaired) electrons. The number of hydrogen-bond acceptors (Lipinski definition) is 4. The average Bonchev–Trinajstić information content (AvgIpc) is 2.96. The molecule has 1 unspecified atom stereocenters. The number of anilines is 1. The molecule has 126 valence electrons. The number of ether oxygens (including phenoxy) is 2. The molecule has 4 nitrogen and oxygen atoms in total. The first kappa shape index (κ1) is 16.2. The van der Waals surface area contributed by atoms with Gasteiger partial charge in [-0.3, -0.25) is 0 Å². The van der Waals surface area contributed by atoms with Crippen LogP contribution in [-0.2, 0) is 11.2 Å². The van der Waals surface area contributed by atoms with Crippen molar-refractivity contribution in [3.8, 4) is 5.75 Å².